The van der Waals surface area contributed by atoms with Crippen molar-refractivity contribution < 1.29 is 0 Å². The fourth-order valence-corrected chi connectivity index (χ4v) is 2.44. The lowest BCUT2D eigenvalue weighted by molar-refractivity contribution is 1.25. The van der Waals surface area contributed by atoms with Crippen molar-refractivity contribution in [1.29, 1.82) is 10.8 Å². The summed E-state index contributed by atoms with van der Waals surface area (Å²) in [5.41, 5.74) is 9.62. The molecular formula is C20H18N6. The third-order valence-electron chi connectivity index (χ3n) is 3.68. The maximum atomic E-state index is 7.99. The van der Waals surface area contributed by atoms with Crippen LogP contribution in [0.1, 0.15) is 11.1 Å². The molecule has 0 saturated carbocycles. The summed E-state index contributed by atoms with van der Waals surface area (Å²) < 4.78 is 0. The van der Waals surface area contributed by atoms with E-state index in [9.17, 15) is 0 Å². The third kappa shape index (κ3) is 4.45. The maximum Gasteiger partial charge on any atom is 0.146 e. The average Bonchev–Trinajstić information content (AvgIpc) is 2.66. The Labute approximate surface area is 151 Å². The monoisotopic (exact) mass is 342 g/mol. The zero-order chi connectivity index (χ0) is 18.4. The van der Waals surface area contributed by atoms with Crippen LogP contribution in [-0.2, 0) is 6.42 Å². The van der Waals surface area contributed by atoms with Gasteiger partial charge in [0.2, 0.25) is 0 Å². The van der Waals surface area contributed by atoms with Crippen LogP contribution in [0.25, 0.3) is 11.0 Å². The lowest BCUT2D eigenvalue weighted by Gasteiger charge is -2.03. The topological polar surface area (TPSA) is 112 Å². The highest BCUT2D eigenvalue weighted by Gasteiger charge is 2.02. The highest BCUT2D eigenvalue weighted by Crippen LogP contribution is 2.11. The molecule has 1 heterocycles. The van der Waals surface area contributed by atoms with Gasteiger partial charge in [-0.25, -0.2) is 4.99 Å². The SMILES string of the molecule is N=C(/C=C\C(=N)c1ccccc1)N=C(N)Cc1ccc2nccnc2c1. The van der Waals surface area contributed by atoms with Crippen molar-refractivity contribution in [2.75, 3.05) is 0 Å². The van der Waals surface area contributed by atoms with Crippen LogP contribution in [0.4, 0.5) is 0 Å². The first kappa shape index (κ1) is 17.2. The molecule has 6 heteroatoms. The normalized spacial score (nSPS) is 11.8. The van der Waals surface area contributed by atoms with Gasteiger partial charge in [0.15, 0.2) is 0 Å². The van der Waals surface area contributed by atoms with Crippen LogP contribution in [0, 0.1) is 10.8 Å². The van der Waals surface area contributed by atoms with Gasteiger partial charge in [0, 0.05) is 18.8 Å². The van der Waals surface area contributed by atoms with Crippen molar-refractivity contribution in [2.24, 2.45) is 10.7 Å². The molecule has 3 aromatic rings. The second-order valence-electron chi connectivity index (χ2n) is 5.66. The lowest BCUT2D eigenvalue weighted by atomic mass is 10.1. The minimum atomic E-state index is 0.00348. The van der Waals surface area contributed by atoms with E-state index in [2.05, 4.69) is 15.0 Å². The van der Waals surface area contributed by atoms with Crippen molar-refractivity contribution in [3.63, 3.8) is 0 Å². The molecule has 0 unspecified atom stereocenters. The first-order valence-electron chi connectivity index (χ1n) is 8.05. The van der Waals surface area contributed by atoms with Gasteiger partial charge in [-0.3, -0.25) is 15.4 Å². The standard InChI is InChI=1S/C20H18N6/c21-16(15-4-2-1-3-5-15)7-9-19(22)26-20(23)13-14-6-8-17-18(12-14)25-11-10-24-17/h1-12,21H,13H2,(H3,22,23,26)/b9-7-,21-16?. The van der Waals surface area contributed by atoms with E-state index in [0.717, 1.165) is 22.2 Å². The number of benzene rings is 2. The van der Waals surface area contributed by atoms with E-state index in [1.54, 1.807) is 18.5 Å². The van der Waals surface area contributed by atoms with Gasteiger partial charge in [-0.2, -0.15) is 0 Å². The molecule has 0 aliphatic heterocycles. The summed E-state index contributed by atoms with van der Waals surface area (Å²) in [5, 5.41) is 15.9. The van der Waals surface area contributed by atoms with Gasteiger partial charge in [-0.15, -0.1) is 0 Å². The number of nitrogens with two attached hydrogens (primary N) is 1. The van der Waals surface area contributed by atoms with E-state index in [1.165, 1.54) is 6.08 Å². The van der Waals surface area contributed by atoms with E-state index in [-0.39, 0.29) is 5.84 Å². The van der Waals surface area contributed by atoms with Crippen LogP contribution in [0.5, 0.6) is 0 Å². The molecule has 4 N–H and O–H groups in total. The smallest absolute Gasteiger partial charge is 0.146 e. The first-order chi connectivity index (χ1) is 12.6. The summed E-state index contributed by atoms with van der Waals surface area (Å²) in [7, 11) is 0. The Morgan fingerprint density at radius 3 is 2.46 bits per heavy atom. The quantitative estimate of drug-likeness (QED) is 0.489. The number of amidine groups is 2. The van der Waals surface area contributed by atoms with E-state index in [1.807, 2.05) is 48.5 Å². The Morgan fingerprint density at radius 1 is 0.962 bits per heavy atom. The van der Waals surface area contributed by atoms with Crippen molar-refractivity contribution >= 4 is 28.4 Å². The zero-order valence-electron chi connectivity index (χ0n) is 14.1. The maximum absolute atomic E-state index is 7.99. The Morgan fingerprint density at radius 2 is 1.69 bits per heavy atom. The summed E-state index contributed by atoms with van der Waals surface area (Å²) >= 11 is 0. The van der Waals surface area contributed by atoms with Gasteiger partial charge in [0.05, 0.1) is 16.7 Å². The van der Waals surface area contributed by atoms with Crippen LogP contribution in [0.15, 0.2) is 78.1 Å². The molecule has 128 valence electrons. The summed E-state index contributed by atoms with van der Waals surface area (Å²) in [6.07, 6.45) is 6.72. The Balaban J connectivity index is 1.65. The molecule has 2 aromatic carbocycles. The van der Waals surface area contributed by atoms with Gasteiger partial charge < -0.3 is 11.1 Å². The van der Waals surface area contributed by atoms with Gasteiger partial charge in [-0.1, -0.05) is 36.4 Å². The molecule has 0 fully saturated rings. The highest BCUT2D eigenvalue weighted by molar-refractivity contribution is 6.11. The number of hydrogen-bond acceptors (Lipinski definition) is 4. The Bertz CT molecular complexity index is 1000. The molecule has 0 spiro atoms. The molecule has 26 heavy (non-hydrogen) atoms. The van der Waals surface area contributed by atoms with E-state index in [0.29, 0.717) is 18.0 Å². The van der Waals surface area contributed by atoms with Crippen molar-refractivity contribution in [1.82, 2.24) is 9.97 Å². The highest BCUT2D eigenvalue weighted by atomic mass is 14.9. The summed E-state index contributed by atoms with van der Waals surface area (Å²) in [6, 6.07) is 15.0. The van der Waals surface area contributed by atoms with Gasteiger partial charge >= 0.3 is 0 Å². The number of nitrogens with zero attached hydrogens (tertiary/aromatic N) is 3. The van der Waals surface area contributed by atoms with Crippen LogP contribution in [-0.4, -0.2) is 27.4 Å². The number of aliphatic imine (C=N–C) groups is 1. The molecule has 0 aliphatic carbocycles. The largest absolute Gasteiger partial charge is 0.387 e. The lowest BCUT2D eigenvalue weighted by Crippen LogP contribution is -2.16. The molecule has 0 saturated heterocycles. The number of allylic oxidation sites excluding steroid dienone is 1. The molecule has 0 radical (unpaired) electrons. The second-order valence-corrected chi connectivity index (χ2v) is 5.66. The molecule has 3 rings (SSSR count). The van der Waals surface area contributed by atoms with Crippen molar-refractivity contribution in [3.05, 3.63) is 84.2 Å². The van der Waals surface area contributed by atoms with E-state index in [4.69, 9.17) is 16.6 Å². The number of nitrogens with one attached hydrogen (secondary N) is 2. The third-order valence-corrected chi connectivity index (χ3v) is 3.68. The van der Waals surface area contributed by atoms with Crippen LogP contribution < -0.4 is 5.73 Å². The summed E-state index contributed by atoms with van der Waals surface area (Å²) in [4.78, 5) is 12.6. The average molecular weight is 342 g/mol. The number of rotatable bonds is 5. The van der Waals surface area contributed by atoms with Gasteiger partial charge in [0.25, 0.3) is 0 Å². The van der Waals surface area contributed by atoms with E-state index < -0.39 is 0 Å². The Kier molecular flexibility index (Phi) is 5.24. The second kappa shape index (κ2) is 7.94. The van der Waals surface area contributed by atoms with Crippen molar-refractivity contribution in [3.8, 4) is 0 Å². The predicted octanol–water partition coefficient (Wildman–Crippen LogP) is 3.13. The first-order valence-corrected chi connectivity index (χ1v) is 8.05. The number of hydrogen-bond donors (Lipinski definition) is 3. The molecular weight excluding hydrogens is 324 g/mol. The minimum absolute atomic E-state index is 0.00348. The minimum Gasteiger partial charge on any atom is -0.387 e. The van der Waals surface area contributed by atoms with Crippen LogP contribution in [0.3, 0.4) is 0 Å². The predicted molar refractivity (Wildman–Crippen MR) is 105 cm³/mol. The fourth-order valence-electron chi connectivity index (χ4n) is 2.44. The van der Waals surface area contributed by atoms with Gasteiger partial charge in [-0.05, 0) is 35.4 Å². The summed E-state index contributed by atoms with van der Waals surface area (Å²) in [5.74, 6) is 0.331. The Hall–Kier alpha value is -3.67. The number of fused-ring (bicyclic) bond motifs is 1. The van der Waals surface area contributed by atoms with Crippen LogP contribution in [0.2, 0.25) is 0 Å². The van der Waals surface area contributed by atoms with Crippen molar-refractivity contribution in [2.45, 2.75) is 6.42 Å². The zero-order valence-corrected chi connectivity index (χ0v) is 14.1. The van der Waals surface area contributed by atoms with Crippen LogP contribution >= 0.6 is 0 Å². The molecule has 0 amide bonds. The molecule has 0 aliphatic rings. The fraction of sp³-hybridized carbons (Fsp3) is 0.0500. The molecule has 1 aromatic heterocycles. The summed E-state index contributed by atoms with van der Waals surface area (Å²) in [6.45, 7) is 0. The molecule has 0 bridgehead atoms. The van der Waals surface area contributed by atoms with Gasteiger partial charge in [0.1, 0.15) is 11.7 Å². The molecule has 0 atom stereocenters. The van der Waals surface area contributed by atoms with E-state index >= 15 is 0 Å². The number of aromatic nitrogens is 2. The molecule has 6 nitrogen and oxygen atoms in total.